The molecule has 0 aliphatic carbocycles. The number of aromatic nitrogens is 1. The Hall–Kier alpha value is -3.46. The quantitative estimate of drug-likeness (QED) is 0.459. The molecule has 0 aliphatic rings. The van der Waals surface area contributed by atoms with Gasteiger partial charge in [0.05, 0.1) is 15.4 Å². The van der Waals surface area contributed by atoms with Gasteiger partial charge in [0.15, 0.2) is 5.69 Å². The SMILES string of the molecule is Cc1noc(C=Cc2ccc(-c3ccc(Cl)cc3[N+](=O)[O-])o2)c1[N+](=O)[O-]. The molecule has 3 aromatic rings. The normalized spacial score (nSPS) is 11.2. The van der Waals surface area contributed by atoms with Gasteiger partial charge in [-0.3, -0.25) is 20.2 Å². The van der Waals surface area contributed by atoms with E-state index in [1.165, 1.54) is 37.3 Å². The lowest BCUT2D eigenvalue weighted by Gasteiger charge is -2.00. The molecular weight excluding hydrogens is 366 g/mol. The number of aryl methyl sites for hydroxylation is 1. The number of rotatable bonds is 5. The van der Waals surface area contributed by atoms with E-state index in [0.717, 1.165) is 0 Å². The molecule has 9 nitrogen and oxygen atoms in total. The monoisotopic (exact) mass is 375 g/mol. The summed E-state index contributed by atoms with van der Waals surface area (Å²) >= 11 is 5.80. The standard InChI is InChI=1S/C16H10ClN3O6/c1-9-16(20(23)24)15(26-18-9)7-4-11-3-6-14(25-11)12-5-2-10(17)8-13(12)19(21)22/h2-8H,1H3. The largest absolute Gasteiger partial charge is 0.456 e. The highest BCUT2D eigenvalue weighted by molar-refractivity contribution is 6.30. The van der Waals surface area contributed by atoms with Gasteiger partial charge in [-0.1, -0.05) is 16.8 Å². The summed E-state index contributed by atoms with van der Waals surface area (Å²) in [6.45, 7) is 1.46. The van der Waals surface area contributed by atoms with Crippen molar-refractivity contribution in [3.63, 3.8) is 0 Å². The molecule has 2 heterocycles. The van der Waals surface area contributed by atoms with Crippen molar-refractivity contribution in [1.82, 2.24) is 5.16 Å². The van der Waals surface area contributed by atoms with Gasteiger partial charge in [-0.15, -0.1) is 0 Å². The van der Waals surface area contributed by atoms with E-state index in [4.69, 9.17) is 20.5 Å². The van der Waals surface area contributed by atoms with Crippen molar-refractivity contribution < 1.29 is 18.8 Å². The molecule has 0 saturated heterocycles. The molecule has 0 aliphatic heterocycles. The van der Waals surface area contributed by atoms with Crippen LogP contribution in [0.25, 0.3) is 23.5 Å². The summed E-state index contributed by atoms with van der Waals surface area (Å²) in [4.78, 5) is 21.0. The molecule has 132 valence electrons. The van der Waals surface area contributed by atoms with Crippen LogP contribution in [0, 0.1) is 27.2 Å². The second kappa shape index (κ2) is 6.81. The zero-order valence-electron chi connectivity index (χ0n) is 13.2. The zero-order valence-corrected chi connectivity index (χ0v) is 14.0. The second-order valence-corrected chi connectivity index (χ2v) is 5.63. The van der Waals surface area contributed by atoms with Crippen LogP contribution in [0.2, 0.25) is 5.02 Å². The fraction of sp³-hybridized carbons (Fsp3) is 0.0625. The Kier molecular flexibility index (Phi) is 4.55. The lowest BCUT2D eigenvalue weighted by atomic mass is 10.1. The Morgan fingerprint density at radius 2 is 1.88 bits per heavy atom. The van der Waals surface area contributed by atoms with Crippen LogP contribution < -0.4 is 0 Å². The molecule has 10 heteroatoms. The molecule has 0 fully saturated rings. The number of benzene rings is 1. The smallest absolute Gasteiger partial charge is 0.338 e. The van der Waals surface area contributed by atoms with E-state index in [1.807, 2.05) is 0 Å². The molecule has 0 saturated carbocycles. The number of hydrogen-bond donors (Lipinski definition) is 0. The average molecular weight is 376 g/mol. The van der Waals surface area contributed by atoms with Gasteiger partial charge in [-0.05, 0) is 43.3 Å². The maximum Gasteiger partial charge on any atom is 0.338 e. The number of nitro groups is 2. The number of furan rings is 1. The topological polar surface area (TPSA) is 125 Å². The first-order valence-electron chi connectivity index (χ1n) is 7.19. The van der Waals surface area contributed by atoms with Crippen molar-refractivity contribution in [2.45, 2.75) is 6.92 Å². The number of nitro benzene ring substituents is 1. The summed E-state index contributed by atoms with van der Waals surface area (Å²) in [6.07, 6.45) is 2.79. The third-order valence-corrected chi connectivity index (χ3v) is 3.72. The lowest BCUT2D eigenvalue weighted by molar-refractivity contribution is -0.386. The van der Waals surface area contributed by atoms with E-state index in [2.05, 4.69) is 5.16 Å². The molecule has 0 N–H and O–H groups in total. The summed E-state index contributed by atoms with van der Waals surface area (Å²) in [7, 11) is 0. The van der Waals surface area contributed by atoms with Crippen LogP contribution in [0.1, 0.15) is 17.2 Å². The highest BCUT2D eigenvalue weighted by Crippen LogP contribution is 2.34. The van der Waals surface area contributed by atoms with Crippen molar-refractivity contribution in [2.24, 2.45) is 0 Å². The summed E-state index contributed by atoms with van der Waals surface area (Å²) in [5.74, 6) is 0.562. The first-order chi connectivity index (χ1) is 12.4. The fourth-order valence-corrected chi connectivity index (χ4v) is 2.49. The molecule has 0 amide bonds. The van der Waals surface area contributed by atoms with Crippen LogP contribution >= 0.6 is 11.6 Å². The Balaban J connectivity index is 1.92. The Morgan fingerprint density at radius 1 is 1.12 bits per heavy atom. The predicted octanol–water partition coefficient (Wildman–Crippen LogP) is 4.88. The van der Waals surface area contributed by atoms with Gasteiger partial charge in [-0.2, -0.15) is 0 Å². The Bertz CT molecular complexity index is 1040. The van der Waals surface area contributed by atoms with E-state index in [9.17, 15) is 20.2 Å². The van der Waals surface area contributed by atoms with E-state index in [-0.39, 0.29) is 39.2 Å². The van der Waals surface area contributed by atoms with Crippen molar-refractivity contribution >= 4 is 35.1 Å². The molecule has 0 unspecified atom stereocenters. The van der Waals surface area contributed by atoms with E-state index in [0.29, 0.717) is 5.76 Å². The minimum atomic E-state index is -0.587. The van der Waals surface area contributed by atoms with Crippen molar-refractivity contribution in [2.75, 3.05) is 0 Å². The molecule has 3 rings (SSSR count). The Labute approximate surface area is 150 Å². The third-order valence-electron chi connectivity index (χ3n) is 3.49. The van der Waals surface area contributed by atoms with Crippen LogP contribution in [-0.2, 0) is 0 Å². The van der Waals surface area contributed by atoms with E-state index >= 15 is 0 Å². The molecule has 26 heavy (non-hydrogen) atoms. The van der Waals surface area contributed by atoms with Gasteiger partial charge in [-0.25, -0.2) is 0 Å². The molecule has 2 aromatic heterocycles. The minimum absolute atomic E-state index is 0.0251. The molecular formula is C16H10ClN3O6. The molecule has 0 atom stereocenters. The van der Waals surface area contributed by atoms with Crippen LogP contribution in [0.3, 0.4) is 0 Å². The second-order valence-electron chi connectivity index (χ2n) is 5.19. The third kappa shape index (κ3) is 3.33. The van der Waals surface area contributed by atoms with Gasteiger partial charge in [0.25, 0.3) is 5.69 Å². The summed E-state index contributed by atoms with van der Waals surface area (Å²) < 4.78 is 10.5. The van der Waals surface area contributed by atoms with Crippen molar-refractivity contribution in [3.05, 3.63) is 72.8 Å². The molecule has 0 spiro atoms. The maximum atomic E-state index is 11.2. The van der Waals surface area contributed by atoms with E-state index in [1.54, 1.807) is 12.1 Å². The summed E-state index contributed by atoms with van der Waals surface area (Å²) in [5, 5.41) is 26.0. The minimum Gasteiger partial charge on any atom is -0.456 e. The highest BCUT2D eigenvalue weighted by atomic mass is 35.5. The molecule has 1 aromatic carbocycles. The first kappa shape index (κ1) is 17.4. The van der Waals surface area contributed by atoms with Gasteiger partial charge in [0, 0.05) is 11.1 Å². The number of halogens is 1. The fourth-order valence-electron chi connectivity index (χ4n) is 2.32. The van der Waals surface area contributed by atoms with Gasteiger partial charge < -0.3 is 8.94 Å². The van der Waals surface area contributed by atoms with Gasteiger partial charge >= 0.3 is 5.69 Å². The van der Waals surface area contributed by atoms with Crippen molar-refractivity contribution in [3.8, 4) is 11.3 Å². The Morgan fingerprint density at radius 3 is 2.58 bits per heavy atom. The van der Waals surface area contributed by atoms with E-state index < -0.39 is 9.85 Å². The van der Waals surface area contributed by atoms with Crippen LogP contribution in [0.5, 0.6) is 0 Å². The predicted molar refractivity (Wildman–Crippen MR) is 92.6 cm³/mol. The van der Waals surface area contributed by atoms with Gasteiger partial charge in [0.1, 0.15) is 11.5 Å². The zero-order chi connectivity index (χ0) is 18.8. The number of hydrogen-bond acceptors (Lipinski definition) is 7. The lowest BCUT2D eigenvalue weighted by Crippen LogP contribution is -1.91. The number of nitrogens with zero attached hydrogens (tertiary/aromatic N) is 3. The van der Waals surface area contributed by atoms with Crippen LogP contribution in [-0.4, -0.2) is 15.0 Å². The van der Waals surface area contributed by atoms with Gasteiger partial charge in [0.2, 0.25) is 5.76 Å². The van der Waals surface area contributed by atoms with Crippen LogP contribution in [0.15, 0.2) is 39.3 Å². The summed E-state index contributed by atoms with van der Waals surface area (Å²) in [5.41, 5.74) is -0.00245. The van der Waals surface area contributed by atoms with Crippen LogP contribution in [0.4, 0.5) is 11.4 Å². The summed E-state index contributed by atoms with van der Waals surface area (Å²) in [6, 6.07) is 7.35. The first-order valence-corrected chi connectivity index (χ1v) is 7.57. The maximum absolute atomic E-state index is 11.2. The average Bonchev–Trinajstić information content (AvgIpc) is 3.19. The highest BCUT2D eigenvalue weighted by Gasteiger charge is 2.22. The van der Waals surface area contributed by atoms with Crippen molar-refractivity contribution in [1.29, 1.82) is 0 Å². The molecule has 0 bridgehead atoms. The molecule has 0 radical (unpaired) electrons.